The van der Waals surface area contributed by atoms with Crippen LogP contribution in [0.25, 0.3) is 11.1 Å². The number of hydroxylamine groups is 1. The average Bonchev–Trinajstić information content (AvgIpc) is 2.59. The van der Waals surface area contributed by atoms with Crippen LogP contribution >= 0.6 is 0 Å². The van der Waals surface area contributed by atoms with Gasteiger partial charge in [0.25, 0.3) is 11.8 Å². The Kier molecular flexibility index (Phi) is 5.40. The van der Waals surface area contributed by atoms with Gasteiger partial charge in [0.1, 0.15) is 11.9 Å². The van der Waals surface area contributed by atoms with Crippen molar-refractivity contribution in [2.24, 2.45) is 5.73 Å². The summed E-state index contributed by atoms with van der Waals surface area (Å²) in [5, 5.41) is 11.0. The predicted octanol–water partition coefficient (Wildman–Crippen LogP) is 1.06. The first-order chi connectivity index (χ1) is 11.1. The van der Waals surface area contributed by atoms with Crippen molar-refractivity contribution in [3.05, 3.63) is 59.9 Å². The fraction of sp³-hybridized carbons (Fsp3) is 0.125. The summed E-state index contributed by atoms with van der Waals surface area (Å²) >= 11 is 0. The van der Waals surface area contributed by atoms with E-state index in [2.05, 4.69) is 5.32 Å². The lowest BCUT2D eigenvalue weighted by molar-refractivity contribution is -0.130. The van der Waals surface area contributed by atoms with Gasteiger partial charge < -0.3 is 11.1 Å². The number of rotatable bonds is 5. The van der Waals surface area contributed by atoms with E-state index in [0.717, 1.165) is 0 Å². The second-order valence-electron chi connectivity index (χ2n) is 4.80. The molecule has 0 saturated carbocycles. The van der Waals surface area contributed by atoms with Gasteiger partial charge in [-0.1, -0.05) is 30.3 Å². The van der Waals surface area contributed by atoms with Crippen LogP contribution in [-0.2, 0) is 4.79 Å². The van der Waals surface area contributed by atoms with Crippen LogP contribution in [0.4, 0.5) is 4.39 Å². The van der Waals surface area contributed by atoms with Gasteiger partial charge >= 0.3 is 0 Å². The Bertz CT molecular complexity index is 704. The summed E-state index contributed by atoms with van der Waals surface area (Å²) in [5.74, 6) is -1.68. The molecule has 2 aromatic rings. The third kappa shape index (κ3) is 3.91. The molecule has 0 heterocycles. The van der Waals surface area contributed by atoms with Gasteiger partial charge in [-0.2, -0.15) is 0 Å². The predicted molar refractivity (Wildman–Crippen MR) is 82.1 cm³/mol. The third-order valence-electron chi connectivity index (χ3n) is 3.30. The average molecular weight is 317 g/mol. The maximum Gasteiger partial charge on any atom is 0.267 e. The monoisotopic (exact) mass is 317 g/mol. The summed E-state index contributed by atoms with van der Waals surface area (Å²) in [4.78, 5) is 23.3. The molecule has 0 unspecified atom stereocenters. The number of hydrogen-bond acceptors (Lipinski definition) is 4. The number of hydrogen-bond donors (Lipinski definition) is 4. The van der Waals surface area contributed by atoms with E-state index >= 15 is 0 Å². The largest absolute Gasteiger partial charge is 0.339 e. The highest BCUT2D eigenvalue weighted by molar-refractivity contribution is 5.97. The van der Waals surface area contributed by atoms with Crippen LogP contribution in [0.2, 0.25) is 0 Å². The molecule has 0 saturated heterocycles. The molecule has 23 heavy (non-hydrogen) atoms. The van der Waals surface area contributed by atoms with Gasteiger partial charge in [-0.05, 0) is 23.8 Å². The van der Waals surface area contributed by atoms with Crippen LogP contribution in [0.1, 0.15) is 10.4 Å². The van der Waals surface area contributed by atoms with Crippen molar-refractivity contribution in [1.29, 1.82) is 0 Å². The summed E-state index contributed by atoms with van der Waals surface area (Å²) in [7, 11) is 0. The van der Waals surface area contributed by atoms with Crippen molar-refractivity contribution in [3.63, 3.8) is 0 Å². The lowest BCUT2D eigenvalue weighted by Crippen LogP contribution is -2.50. The molecule has 2 aromatic carbocycles. The number of carbonyl (C=O) groups excluding carboxylic acids is 2. The van der Waals surface area contributed by atoms with E-state index in [0.29, 0.717) is 11.1 Å². The molecule has 5 N–H and O–H groups in total. The van der Waals surface area contributed by atoms with Gasteiger partial charge in [-0.25, -0.2) is 9.87 Å². The molecule has 2 amide bonds. The molecule has 1 atom stereocenters. The molecule has 7 heteroatoms. The van der Waals surface area contributed by atoms with Crippen LogP contribution in [0.15, 0.2) is 48.5 Å². The minimum absolute atomic E-state index is 0.161. The van der Waals surface area contributed by atoms with E-state index in [1.165, 1.54) is 23.7 Å². The molecule has 0 aliphatic heterocycles. The topological polar surface area (TPSA) is 104 Å². The van der Waals surface area contributed by atoms with Crippen LogP contribution < -0.4 is 16.5 Å². The van der Waals surface area contributed by atoms with Gasteiger partial charge in [-0.3, -0.25) is 14.8 Å². The van der Waals surface area contributed by atoms with Gasteiger partial charge in [0, 0.05) is 17.7 Å². The molecule has 0 radical (unpaired) electrons. The van der Waals surface area contributed by atoms with Crippen molar-refractivity contribution >= 4 is 11.8 Å². The lowest BCUT2D eigenvalue weighted by Gasteiger charge is -2.14. The zero-order valence-corrected chi connectivity index (χ0v) is 12.1. The second-order valence-corrected chi connectivity index (χ2v) is 4.80. The Balaban J connectivity index is 2.15. The first-order valence-electron chi connectivity index (χ1n) is 6.86. The maximum atomic E-state index is 13.7. The molecule has 2 rings (SSSR count). The van der Waals surface area contributed by atoms with E-state index in [-0.39, 0.29) is 17.9 Å². The van der Waals surface area contributed by atoms with Crippen LogP contribution in [-0.4, -0.2) is 29.6 Å². The minimum Gasteiger partial charge on any atom is -0.339 e. The number of carbonyl (C=O) groups is 2. The van der Waals surface area contributed by atoms with Gasteiger partial charge in [0.2, 0.25) is 0 Å². The summed E-state index contributed by atoms with van der Waals surface area (Å²) in [6.07, 6.45) is 0. The first-order valence-corrected chi connectivity index (χ1v) is 6.86. The normalized spacial score (nSPS) is 11.6. The summed E-state index contributed by atoms with van der Waals surface area (Å²) in [5.41, 5.74) is 8.14. The molecular formula is C16H16FN3O3. The third-order valence-corrected chi connectivity index (χ3v) is 3.30. The van der Waals surface area contributed by atoms with Crippen LogP contribution in [0.3, 0.4) is 0 Å². The van der Waals surface area contributed by atoms with Crippen molar-refractivity contribution in [3.8, 4) is 11.1 Å². The fourth-order valence-corrected chi connectivity index (χ4v) is 2.05. The van der Waals surface area contributed by atoms with Crippen LogP contribution in [0, 0.1) is 5.82 Å². The zero-order valence-electron chi connectivity index (χ0n) is 12.1. The first kappa shape index (κ1) is 16.6. The van der Waals surface area contributed by atoms with E-state index < -0.39 is 17.9 Å². The number of benzene rings is 2. The summed E-state index contributed by atoms with van der Waals surface area (Å²) < 4.78 is 13.7. The quantitative estimate of drug-likeness (QED) is 0.489. The van der Waals surface area contributed by atoms with Gasteiger partial charge in [0.15, 0.2) is 0 Å². The number of nitrogens with two attached hydrogens (primary N) is 1. The highest BCUT2D eigenvalue weighted by Crippen LogP contribution is 2.22. The molecule has 0 fully saturated rings. The molecule has 0 spiro atoms. The number of halogens is 1. The van der Waals surface area contributed by atoms with Gasteiger partial charge in [0.05, 0.1) is 0 Å². The van der Waals surface area contributed by atoms with E-state index in [1.54, 1.807) is 30.3 Å². The Labute approximate surface area is 132 Å². The Hall–Kier alpha value is -2.77. The van der Waals surface area contributed by atoms with Gasteiger partial charge in [-0.15, -0.1) is 0 Å². The Morgan fingerprint density at radius 2 is 1.78 bits per heavy atom. The lowest BCUT2D eigenvalue weighted by atomic mass is 10.0. The molecule has 0 aliphatic rings. The fourth-order valence-electron chi connectivity index (χ4n) is 2.05. The number of amides is 2. The van der Waals surface area contributed by atoms with Crippen LogP contribution in [0.5, 0.6) is 0 Å². The summed E-state index contributed by atoms with van der Waals surface area (Å²) in [6, 6.07) is 11.5. The summed E-state index contributed by atoms with van der Waals surface area (Å²) in [6.45, 7) is -0.161. The molecule has 6 nitrogen and oxygen atoms in total. The molecular weight excluding hydrogens is 301 g/mol. The van der Waals surface area contributed by atoms with Crippen molar-refractivity contribution in [2.75, 3.05) is 6.54 Å². The highest BCUT2D eigenvalue weighted by Gasteiger charge is 2.19. The van der Waals surface area contributed by atoms with E-state index in [4.69, 9.17) is 10.9 Å². The molecule has 0 aromatic heterocycles. The molecule has 0 aliphatic carbocycles. The maximum absolute atomic E-state index is 13.7. The van der Waals surface area contributed by atoms with E-state index in [9.17, 15) is 14.0 Å². The van der Waals surface area contributed by atoms with Crippen molar-refractivity contribution in [2.45, 2.75) is 6.04 Å². The van der Waals surface area contributed by atoms with Crippen molar-refractivity contribution in [1.82, 2.24) is 10.8 Å². The molecule has 120 valence electrons. The van der Waals surface area contributed by atoms with E-state index in [1.807, 2.05) is 0 Å². The Morgan fingerprint density at radius 3 is 2.35 bits per heavy atom. The standard InChI is InChI=1S/C16H16FN3O3/c17-13-4-2-1-3-12(13)10-5-7-11(8-6-10)15(21)19-14(9-18)16(22)20-23/h1-8,14,23H,9,18H2,(H,19,21)(H,20,22)/t14-/m0/s1. The second kappa shape index (κ2) is 7.48. The minimum atomic E-state index is -1.04. The smallest absolute Gasteiger partial charge is 0.267 e. The Morgan fingerprint density at radius 1 is 1.13 bits per heavy atom. The molecule has 0 bridgehead atoms. The zero-order chi connectivity index (χ0) is 16.8. The SMILES string of the molecule is NC[C@H](NC(=O)c1ccc(-c2ccccc2F)cc1)C(=O)NO. The highest BCUT2D eigenvalue weighted by atomic mass is 19.1. The number of nitrogens with one attached hydrogen (secondary N) is 2. The van der Waals surface area contributed by atoms with Crippen molar-refractivity contribution < 1.29 is 19.2 Å².